The van der Waals surface area contributed by atoms with Crippen LogP contribution in [-0.4, -0.2) is 18.1 Å². The summed E-state index contributed by atoms with van der Waals surface area (Å²) in [5.41, 5.74) is 1.49. The third kappa shape index (κ3) is 6.73. The van der Waals surface area contributed by atoms with Crippen molar-refractivity contribution in [3.05, 3.63) is 69.7 Å². The van der Waals surface area contributed by atoms with E-state index in [4.69, 9.17) is 32.7 Å². The van der Waals surface area contributed by atoms with Crippen LogP contribution in [0.25, 0.3) is 0 Å². The lowest BCUT2D eigenvalue weighted by Crippen LogP contribution is -2.46. The highest BCUT2D eigenvalue weighted by Crippen LogP contribution is 2.22. The molecule has 0 aliphatic heterocycles. The van der Waals surface area contributed by atoms with E-state index < -0.39 is 18.1 Å². The molecule has 0 aliphatic rings. The van der Waals surface area contributed by atoms with Crippen molar-refractivity contribution in [3.8, 4) is 0 Å². The molecular formula is C21H23Cl2NO4. The molecule has 150 valence electrons. The van der Waals surface area contributed by atoms with Crippen LogP contribution in [0.5, 0.6) is 0 Å². The maximum Gasteiger partial charge on any atom is 0.408 e. The van der Waals surface area contributed by atoms with Gasteiger partial charge in [0.2, 0.25) is 0 Å². The average molecular weight is 424 g/mol. The van der Waals surface area contributed by atoms with Crippen molar-refractivity contribution in [2.24, 2.45) is 5.92 Å². The minimum absolute atomic E-state index is 0.0114. The van der Waals surface area contributed by atoms with Gasteiger partial charge in [0.05, 0.1) is 0 Å². The molecular weight excluding hydrogens is 401 g/mol. The van der Waals surface area contributed by atoms with Crippen molar-refractivity contribution in [1.29, 1.82) is 0 Å². The number of hydrogen-bond acceptors (Lipinski definition) is 4. The van der Waals surface area contributed by atoms with Crippen LogP contribution in [0.15, 0.2) is 48.5 Å². The molecule has 0 aromatic heterocycles. The Balaban J connectivity index is 1.93. The zero-order valence-electron chi connectivity index (χ0n) is 15.8. The Labute approximate surface area is 174 Å². The number of benzene rings is 2. The first-order valence-corrected chi connectivity index (χ1v) is 9.74. The van der Waals surface area contributed by atoms with Crippen molar-refractivity contribution >= 4 is 35.3 Å². The predicted octanol–water partition coefficient (Wildman–Crippen LogP) is 5.38. The van der Waals surface area contributed by atoms with Crippen LogP contribution in [0.4, 0.5) is 4.79 Å². The normalized spacial score (nSPS) is 12.7. The van der Waals surface area contributed by atoms with Crippen LogP contribution in [0.1, 0.15) is 31.4 Å². The van der Waals surface area contributed by atoms with Gasteiger partial charge in [0, 0.05) is 15.6 Å². The lowest BCUT2D eigenvalue weighted by Gasteiger charge is -2.22. The highest BCUT2D eigenvalue weighted by atomic mass is 35.5. The van der Waals surface area contributed by atoms with Crippen LogP contribution in [-0.2, 0) is 27.5 Å². The summed E-state index contributed by atoms with van der Waals surface area (Å²) in [6.07, 6.45) is 0.0103. The SMILES string of the molecule is CCC(C)C(NC(=O)OCc1ccccc1)C(=O)OCc1ccc(Cl)cc1Cl. The fourth-order valence-electron chi connectivity index (χ4n) is 2.44. The second kappa shape index (κ2) is 10.9. The molecule has 2 rings (SSSR count). The van der Waals surface area contributed by atoms with Crippen molar-refractivity contribution in [2.45, 2.75) is 39.5 Å². The van der Waals surface area contributed by atoms with Gasteiger partial charge in [-0.25, -0.2) is 9.59 Å². The second-order valence-electron chi connectivity index (χ2n) is 6.41. The summed E-state index contributed by atoms with van der Waals surface area (Å²) in [5, 5.41) is 3.52. The number of ether oxygens (including phenoxy) is 2. The monoisotopic (exact) mass is 423 g/mol. The van der Waals surface area contributed by atoms with Crippen molar-refractivity contribution in [3.63, 3.8) is 0 Å². The van der Waals surface area contributed by atoms with Crippen LogP contribution in [0, 0.1) is 5.92 Å². The summed E-state index contributed by atoms with van der Waals surface area (Å²) >= 11 is 12.0. The molecule has 2 unspecified atom stereocenters. The van der Waals surface area contributed by atoms with Crippen LogP contribution in [0.2, 0.25) is 10.0 Å². The maximum atomic E-state index is 12.5. The molecule has 1 N–H and O–H groups in total. The van der Waals surface area contributed by atoms with Gasteiger partial charge in [-0.3, -0.25) is 0 Å². The fraction of sp³-hybridized carbons (Fsp3) is 0.333. The van der Waals surface area contributed by atoms with E-state index in [0.29, 0.717) is 22.0 Å². The Bertz CT molecular complexity index is 798. The molecule has 5 nitrogen and oxygen atoms in total. The molecule has 1 amide bonds. The van der Waals surface area contributed by atoms with Gasteiger partial charge < -0.3 is 14.8 Å². The molecule has 2 aromatic rings. The third-order valence-corrected chi connectivity index (χ3v) is 4.93. The van der Waals surface area contributed by atoms with Gasteiger partial charge in [-0.2, -0.15) is 0 Å². The number of halogens is 2. The van der Waals surface area contributed by atoms with Gasteiger partial charge in [0.1, 0.15) is 19.3 Å². The highest BCUT2D eigenvalue weighted by Gasteiger charge is 2.28. The standard InChI is InChI=1S/C21H23Cl2NO4/c1-3-14(2)19(24-21(26)28-12-15-7-5-4-6-8-15)20(25)27-13-16-9-10-17(22)11-18(16)23/h4-11,14,19H,3,12-13H2,1-2H3,(H,24,26). The topological polar surface area (TPSA) is 64.6 Å². The zero-order valence-corrected chi connectivity index (χ0v) is 17.3. The van der Waals surface area contributed by atoms with Gasteiger partial charge in [-0.05, 0) is 23.6 Å². The first-order valence-electron chi connectivity index (χ1n) is 8.98. The number of carbonyl (C=O) groups excluding carboxylic acids is 2. The zero-order chi connectivity index (χ0) is 20.5. The third-order valence-electron chi connectivity index (χ3n) is 4.34. The van der Waals surface area contributed by atoms with E-state index in [-0.39, 0.29) is 19.1 Å². The minimum Gasteiger partial charge on any atom is -0.459 e. The van der Waals surface area contributed by atoms with Gasteiger partial charge >= 0.3 is 12.1 Å². The lowest BCUT2D eigenvalue weighted by atomic mass is 9.99. The number of hydrogen-bond donors (Lipinski definition) is 1. The molecule has 0 spiro atoms. The van der Waals surface area contributed by atoms with E-state index in [1.807, 2.05) is 44.2 Å². The van der Waals surface area contributed by atoms with E-state index in [1.165, 1.54) is 0 Å². The summed E-state index contributed by atoms with van der Waals surface area (Å²) in [6, 6.07) is 13.4. The Morgan fingerprint density at radius 2 is 1.75 bits per heavy atom. The van der Waals surface area contributed by atoms with E-state index in [0.717, 1.165) is 5.56 Å². The molecule has 0 heterocycles. The number of amides is 1. The first kappa shape index (κ1) is 22.1. The number of esters is 1. The quantitative estimate of drug-likeness (QED) is 0.578. The highest BCUT2D eigenvalue weighted by molar-refractivity contribution is 6.35. The van der Waals surface area contributed by atoms with Crippen LogP contribution in [0.3, 0.4) is 0 Å². The molecule has 2 atom stereocenters. The summed E-state index contributed by atoms with van der Waals surface area (Å²) in [6.45, 7) is 3.90. The molecule has 0 saturated carbocycles. The Hall–Kier alpha value is -2.24. The fourth-order valence-corrected chi connectivity index (χ4v) is 2.90. The molecule has 0 saturated heterocycles. The Kier molecular flexibility index (Phi) is 8.61. The number of carbonyl (C=O) groups is 2. The van der Waals surface area contributed by atoms with Crippen molar-refractivity contribution in [1.82, 2.24) is 5.32 Å². The van der Waals surface area contributed by atoms with Crippen LogP contribution >= 0.6 is 23.2 Å². The maximum absolute atomic E-state index is 12.5. The van der Waals surface area contributed by atoms with E-state index in [9.17, 15) is 9.59 Å². The molecule has 0 fully saturated rings. The van der Waals surface area contributed by atoms with E-state index >= 15 is 0 Å². The second-order valence-corrected chi connectivity index (χ2v) is 7.26. The number of alkyl carbamates (subject to hydrolysis) is 1. The molecule has 0 bridgehead atoms. The minimum atomic E-state index is -0.820. The molecule has 0 radical (unpaired) electrons. The van der Waals surface area contributed by atoms with Gasteiger partial charge in [0.15, 0.2) is 0 Å². The smallest absolute Gasteiger partial charge is 0.408 e. The largest absolute Gasteiger partial charge is 0.459 e. The average Bonchev–Trinajstić information content (AvgIpc) is 2.69. The first-order chi connectivity index (χ1) is 13.4. The van der Waals surface area contributed by atoms with E-state index in [1.54, 1.807) is 18.2 Å². The number of nitrogens with one attached hydrogen (secondary N) is 1. The summed E-state index contributed by atoms with van der Waals surface area (Å²) in [4.78, 5) is 24.7. The van der Waals surface area contributed by atoms with Crippen LogP contribution < -0.4 is 5.32 Å². The van der Waals surface area contributed by atoms with Gasteiger partial charge in [0.25, 0.3) is 0 Å². The van der Waals surface area contributed by atoms with Crippen molar-refractivity contribution in [2.75, 3.05) is 0 Å². The Morgan fingerprint density at radius 3 is 2.39 bits per heavy atom. The van der Waals surface area contributed by atoms with E-state index in [2.05, 4.69) is 5.32 Å². The predicted molar refractivity (Wildman–Crippen MR) is 109 cm³/mol. The van der Waals surface area contributed by atoms with Gasteiger partial charge in [-0.15, -0.1) is 0 Å². The Morgan fingerprint density at radius 1 is 1.04 bits per heavy atom. The number of rotatable bonds is 8. The van der Waals surface area contributed by atoms with Gasteiger partial charge in [-0.1, -0.05) is 79.9 Å². The summed E-state index contributed by atoms with van der Waals surface area (Å²) in [5.74, 6) is -0.672. The molecule has 2 aromatic carbocycles. The summed E-state index contributed by atoms with van der Waals surface area (Å²) in [7, 11) is 0. The molecule has 0 aliphatic carbocycles. The lowest BCUT2D eigenvalue weighted by molar-refractivity contribution is -0.148. The molecule has 28 heavy (non-hydrogen) atoms. The molecule has 7 heteroatoms. The van der Waals surface area contributed by atoms with Crippen molar-refractivity contribution < 1.29 is 19.1 Å². The summed E-state index contributed by atoms with van der Waals surface area (Å²) < 4.78 is 10.6.